The molecule has 8 heavy (non-hydrogen) atoms. The van der Waals surface area contributed by atoms with E-state index in [4.69, 9.17) is 5.73 Å². The molecule has 1 aliphatic rings. The number of nitrogens with two attached hydrogens (primary N) is 1. The first-order chi connectivity index (χ1) is 3.70. The summed E-state index contributed by atoms with van der Waals surface area (Å²) < 4.78 is 0. The van der Waals surface area contributed by atoms with Gasteiger partial charge in [-0.25, -0.2) is 0 Å². The number of nitrogens with zero attached hydrogens (tertiary/aromatic N) is 1. The minimum absolute atomic E-state index is 0.160. The smallest absolute Gasteiger partial charge is 0.164 e. The third-order valence-electron chi connectivity index (χ3n) is 1.35. The summed E-state index contributed by atoms with van der Waals surface area (Å²) in [6.07, 6.45) is 0. The molecule has 0 aromatic rings. The second-order valence-electron chi connectivity index (χ2n) is 2.27. The van der Waals surface area contributed by atoms with Crippen molar-refractivity contribution in [3.8, 4) is 0 Å². The first kappa shape index (κ1) is 5.72. The molecule has 1 unspecified atom stereocenters. The van der Waals surface area contributed by atoms with Crippen molar-refractivity contribution in [1.82, 2.24) is 4.90 Å². The van der Waals surface area contributed by atoms with Crippen LogP contribution in [0.1, 0.15) is 0 Å². The summed E-state index contributed by atoms with van der Waals surface area (Å²) in [4.78, 5) is 12.5. The van der Waals surface area contributed by atoms with E-state index in [0.29, 0.717) is 6.54 Å². The maximum absolute atomic E-state index is 10.6. The van der Waals surface area contributed by atoms with E-state index in [1.807, 2.05) is 11.9 Å². The van der Waals surface area contributed by atoms with Crippen LogP contribution in [0.3, 0.4) is 0 Å². The van der Waals surface area contributed by atoms with Crippen molar-refractivity contribution in [1.29, 1.82) is 0 Å². The zero-order chi connectivity index (χ0) is 6.15. The van der Waals surface area contributed by atoms with Crippen LogP contribution in [0.5, 0.6) is 0 Å². The fraction of sp³-hybridized carbons (Fsp3) is 0.800. The first-order valence-corrected chi connectivity index (χ1v) is 2.67. The molecule has 3 heteroatoms. The molecule has 1 saturated heterocycles. The van der Waals surface area contributed by atoms with Gasteiger partial charge in [0.1, 0.15) is 0 Å². The average molecular weight is 114 g/mol. The number of hydrogen-bond donors (Lipinski definition) is 1. The van der Waals surface area contributed by atoms with Crippen LogP contribution >= 0.6 is 0 Å². The number of ketones is 1. The maximum Gasteiger partial charge on any atom is 0.164 e. The maximum atomic E-state index is 10.6. The minimum atomic E-state index is -0.222. The van der Waals surface area contributed by atoms with Crippen LogP contribution in [0.4, 0.5) is 0 Å². The molecular formula is C5H10N2O. The third kappa shape index (κ3) is 0.877. The molecule has 1 rings (SSSR count). The summed E-state index contributed by atoms with van der Waals surface area (Å²) in [6, 6.07) is -0.222. The molecule has 1 fully saturated rings. The van der Waals surface area contributed by atoms with E-state index in [1.54, 1.807) is 0 Å². The standard InChI is InChI=1S/C5H10N2O/c1-7-2-4(6)5(8)3-7/h4H,2-3,6H2,1H3. The number of likely N-dealkylation sites (tertiary alicyclic amines) is 1. The molecule has 46 valence electrons. The highest BCUT2D eigenvalue weighted by Crippen LogP contribution is 1.97. The molecule has 3 nitrogen and oxygen atoms in total. The van der Waals surface area contributed by atoms with Gasteiger partial charge >= 0.3 is 0 Å². The number of carbonyl (C=O) groups is 1. The molecule has 0 saturated carbocycles. The molecular weight excluding hydrogens is 104 g/mol. The van der Waals surface area contributed by atoms with Crippen LogP contribution in [-0.2, 0) is 4.79 Å². The molecule has 0 spiro atoms. The lowest BCUT2D eigenvalue weighted by molar-refractivity contribution is -0.117. The Morgan fingerprint density at radius 1 is 1.88 bits per heavy atom. The Hall–Kier alpha value is -0.410. The van der Waals surface area contributed by atoms with E-state index in [-0.39, 0.29) is 11.8 Å². The normalized spacial score (nSPS) is 31.8. The quantitative estimate of drug-likeness (QED) is 0.431. The summed E-state index contributed by atoms with van der Waals surface area (Å²) in [6.45, 7) is 1.25. The Labute approximate surface area is 48.5 Å². The number of hydrogen-bond acceptors (Lipinski definition) is 3. The summed E-state index contributed by atoms with van der Waals surface area (Å²) in [5, 5.41) is 0. The van der Waals surface area contributed by atoms with Crippen LogP contribution < -0.4 is 5.73 Å². The van der Waals surface area contributed by atoms with Crippen LogP contribution in [0.2, 0.25) is 0 Å². The molecule has 2 N–H and O–H groups in total. The van der Waals surface area contributed by atoms with Gasteiger partial charge in [0, 0.05) is 6.54 Å². The largest absolute Gasteiger partial charge is 0.320 e. The topological polar surface area (TPSA) is 46.3 Å². The fourth-order valence-electron chi connectivity index (χ4n) is 0.885. The van der Waals surface area contributed by atoms with Crippen LogP contribution in [0.15, 0.2) is 0 Å². The van der Waals surface area contributed by atoms with Gasteiger partial charge in [-0.3, -0.25) is 9.69 Å². The van der Waals surface area contributed by atoms with Crippen molar-refractivity contribution in [3.63, 3.8) is 0 Å². The van der Waals surface area contributed by atoms with Crippen molar-refractivity contribution in [3.05, 3.63) is 0 Å². The van der Waals surface area contributed by atoms with E-state index < -0.39 is 0 Å². The summed E-state index contributed by atoms with van der Waals surface area (Å²) >= 11 is 0. The summed E-state index contributed by atoms with van der Waals surface area (Å²) in [7, 11) is 1.89. The first-order valence-electron chi connectivity index (χ1n) is 2.67. The number of rotatable bonds is 0. The molecule has 1 aliphatic heterocycles. The van der Waals surface area contributed by atoms with Gasteiger partial charge in [-0.2, -0.15) is 0 Å². The van der Waals surface area contributed by atoms with Crippen molar-refractivity contribution in [2.75, 3.05) is 20.1 Å². The molecule has 0 aromatic heterocycles. The van der Waals surface area contributed by atoms with E-state index in [0.717, 1.165) is 6.54 Å². The van der Waals surface area contributed by atoms with Gasteiger partial charge in [0.15, 0.2) is 5.78 Å². The Kier molecular flexibility index (Phi) is 1.31. The van der Waals surface area contributed by atoms with Gasteiger partial charge in [0.05, 0.1) is 12.6 Å². The number of Topliss-reactive ketones (excluding diaryl/α,β-unsaturated/α-hetero) is 1. The number of carbonyl (C=O) groups excluding carboxylic acids is 1. The molecule has 0 amide bonds. The SMILES string of the molecule is CN1CC(=O)C(N)C1. The monoisotopic (exact) mass is 114 g/mol. The molecule has 0 aliphatic carbocycles. The van der Waals surface area contributed by atoms with Gasteiger partial charge in [-0.15, -0.1) is 0 Å². The zero-order valence-electron chi connectivity index (χ0n) is 4.92. The highest BCUT2D eigenvalue weighted by atomic mass is 16.1. The minimum Gasteiger partial charge on any atom is -0.320 e. The highest BCUT2D eigenvalue weighted by molar-refractivity contribution is 5.87. The van der Waals surface area contributed by atoms with Crippen molar-refractivity contribution >= 4 is 5.78 Å². The van der Waals surface area contributed by atoms with E-state index in [2.05, 4.69) is 0 Å². The second kappa shape index (κ2) is 1.84. The lowest BCUT2D eigenvalue weighted by Crippen LogP contribution is -2.28. The van der Waals surface area contributed by atoms with Gasteiger partial charge in [-0.1, -0.05) is 0 Å². The zero-order valence-corrected chi connectivity index (χ0v) is 4.92. The van der Waals surface area contributed by atoms with Gasteiger partial charge in [0.2, 0.25) is 0 Å². The molecule has 1 heterocycles. The Morgan fingerprint density at radius 2 is 2.50 bits per heavy atom. The number of likely N-dealkylation sites (N-methyl/N-ethyl adjacent to an activating group) is 1. The van der Waals surface area contributed by atoms with Gasteiger partial charge in [-0.05, 0) is 7.05 Å². The van der Waals surface area contributed by atoms with Crippen molar-refractivity contribution in [2.45, 2.75) is 6.04 Å². The lowest BCUT2D eigenvalue weighted by Gasteiger charge is -2.01. The van der Waals surface area contributed by atoms with Gasteiger partial charge in [0.25, 0.3) is 0 Å². The van der Waals surface area contributed by atoms with Crippen LogP contribution in [-0.4, -0.2) is 36.9 Å². The second-order valence-corrected chi connectivity index (χ2v) is 2.27. The average Bonchev–Trinajstić information content (AvgIpc) is 1.85. The van der Waals surface area contributed by atoms with E-state index in [9.17, 15) is 4.79 Å². The van der Waals surface area contributed by atoms with E-state index in [1.165, 1.54) is 0 Å². The van der Waals surface area contributed by atoms with Crippen LogP contribution in [0, 0.1) is 0 Å². The predicted molar refractivity (Wildman–Crippen MR) is 30.5 cm³/mol. The highest BCUT2D eigenvalue weighted by Gasteiger charge is 2.23. The van der Waals surface area contributed by atoms with E-state index >= 15 is 0 Å². The fourth-order valence-corrected chi connectivity index (χ4v) is 0.885. The Morgan fingerprint density at radius 3 is 2.62 bits per heavy atom. The summed E-state index contributed by atoms with van der Waals surface area (Å²) in [5.74, 6) is 0.160. The van der Waals surface area contributed by atoms with Crippen LogP contribution in [0.25, 0.3) is 0 Å². The van der Waals surface area contributed by atoms with Crippen molar-refractivity contribution < 1.29 is 4.79 Å². The molecule has 0 bridgehead atoms. The third-order valence-corrected chi connectivity index (χ3v) is 1.35. The summed E-state index contributed by atoms with van der Waals surface area (Å²) in [5.41, 5.74) is 5.38. The lowest BCUT2D eigenvalue weighted by atomic mass is 10.3. The molecule has 0 radical (unpaired) electrons. The predicted octanol–water partition coefficient (Wildman–Crippen LogP) is -1.17. The van der Waals surface area contributed by atoms with Gasteiger partial charge < -0.3 is 5.73 Å². The Bertz CT molecular complexity index is 113. The molecule has 1 atom stereocenters. The Balaban J connectivity index is 2.51. The molecule has 0 aromatic carbocycles. The van der Waals surface area contributed by atoms with Crippen molar-refractivity contribution in [2.24, 2.45) is 5.73 Å².